The summed E-state index contributed by atoms with van der Waals surface area (Å²) in [6.07, 6.45) is 2.43. The second-order valence-electron chi connectivity index (χ2n) is 4.90. The molecule has 1 aromatic carbocycles. The highest BCUT2D eigenvalue weighted by molar-refractivity contribution is 7.99. The van der Waals surface area contributed by atoms with Gasteiger partial charge in [-0.2, -0.15) is 12.6 Å². The number of rotatable bonds is 6. The van der Waals surface area contributed by atoms with Crippen molar-refractivity contribution in [3.05, 3.63) is 29.3 Å². The first-order valence-electron chi connectivity index (χ1n) is 6.38. The van der Waals surface area contributed by atoms with Crippen LogP contribution in [-0.4, -0.2) is 11.5 Å². The van der Waals surface area contributed by atoms with E-state index in [9.17, 15) is 0 Å². The number of benzene rings is 1. The predicted octanol–water partition coefficient (Wildman–Crippen LogP) is 5.13. The van der Waals surface area contributed by atoms with Crippen molar-refractivity contribution < 1.29 is 0 Å². The van der Waals surface area contributed by atoms with Crippen LogP contribution >= 0.6 is 24.4 Å². The van der Waals surface area contributed by atoms with Crippen LogP contribution < -0.4 is 0 Å². The standard InChI is InChI=1S/C15H24S2/c1-5-15(6-2,10-16)11-17-14-8-7-12(3)13(4)9-14/h7-9,16H,5-6,10-11H2,1-4H3. The molecule has 17 heavy (non-hydrogen) atoms. The largest absolute Gasteiger partial charge is 0.179 e. The smallest absolute Gasteiger partial charge is 0.00749 e. The minimum Gasteiger partial charge on any atom is -0.179 e. The van der Waals surface area contributed by atoms with Crippen molar-refractivity contribution in [1.29, 1.82) is 0 Å². The molecular formula is C15H24S2. The van der Waals surface area contributed by atoms with Crippen LogP contribution in [0, 0.1) is 19.3 Å². The van der Waals surface area contributed by atoms with Crippen LogP contribution in [0.25, 0.3) is 0 Å². The minimum absolute atomic E-state index is 0.395. The van der Waals surface area contributed by atoms with Gasteiger partial charge < -0.3 is 0 Å². The van der Waals surface area contributed by atoms with E-state index >= 15 is 0 Å². The first-order chi connectivity index (χ1) is 8.06. The van der Waals surface area contributed by atoms with Gasteiger partial charge in [0.25, 0.3) is 0 Å². The molecule has 0 heterocycles. The molecule has 0 aliphatic heterocycles. The number of aryl methyl sites for hydroxylation is 2. The Morgan fingerprint density at radius 2 is 1.76 bits per heavy atom. The van der Waals surface area contributed by atoms with Gasteiger partial charge in [-0.1, -0.05) is 19.9 Å². The quantitative estimate of drug-likeness (QED) is 0.551. The van der Waals surface area contributed by atoms with Crippen LogP contribution in [0.15, 0.2) is 23.1 Å². The molecule has 0 saturated heterocycles. The van der Waals surface area contributed by atoms with E-state index in [1.54, 1.807) is 0 Å². The van der Waals surface area contributed by atoms with E-state index in [0.29, 0.717) is 5.41 Å². The lowest BCUT2D eigenvalue weighted by Crippen LogP contribution is -2.24. The van der Waals surface area contributed by atoms with Crippen LogP contribution in [0.5, 0.6) is 0 Å². The Morgan fingerprint density at radius 1 is 1.12 bits per heavy atom. The summed E-state index contributed by atoms with van der Waals surface area (Å²) in [4.78, 5) is 1.39. The van der Waals surface area contributed by atoms with E-state index in [0.717, 1.165) is 5.75 Å². The summed E-state index contributed by atoms with van der Waals surface area (Å²) in [6.45, 7) is 8.91. The molecule has 2 heteroatoms. The van der Waals surface area contributed by atoms with Crippen molar-refractivity contribution in [3.8, 4) is 0 Å². The fraction of sp³-hybridized carbons (Fsp3) is 0.600. The zero-order valence-electron chi connectivity index (χ0n) is 11.4. The maximum Gasteiger partial charge on any atom is 0.00749 e. The third-order valence-corrected chi connectivity index (χ3v) is 5.87. The van der Waals surface area contributed by atoms with Gasteiger partial charge in [-0.25, -0.2) is 0 Å². The molecule has 0 amide bonds. The van der Waals surface area contributed by atoms with E-state index in [4.69, 9.17) is 0 Å². The first-order valence-corrected chi connectivity index (χ1v) is 7.99. The third kappa shape index (κ3) is 3.96. The van der Waals surface area contributed by atoms with Crippen molar-refractivity contribution >= 4 is 24.4 Å². The molecule has 0 atom stereocenters. The van der Waals surface area contributed by atoms with Gasteiger partial charge in [0.05, 0.1) is 0 Å². The second kappa shape index (κ2) is 6.75. The molecule has 0 radical (unpaired) electrons. The summed E-state index contributed by atoms with van der Waals surface area (Å²) in [5.74, 6) is 2.16. The average Bonchev–Trinajstić information content (AvgIpc) is 2.36. The average molecular weight is 268 g/mol. The Kier molecular flexibility index (Phi) is 5.94. The predicted molar refractivity (Wildman–Crippen MR) is 83.5 cm³/mol. The van der Waals surface area contributed by atoms with Crippen LogP contribution in [0.4, 0.5) is 0 Å². The number of hydrogen-bond acceptors (Lipinski definition) is 2. The normalized spacial score (nSPS) is 11.8. The monoisotopic (exact) mass is 268 g/mol. The van der Waals surface area contributed by atoms with Gasteiger partial charge in [0.1, 0.15) is 0 Å². The lowest BCUT2D eigenvalue weighted by molar-refractivity contribution is 0.357. The molecule has 0 spiro atoms. The van der Waals surface area contributed by atoms with Crippen LogP contribution in [0.2, 0.25) is 0 Å². The Morgan fingerprint density at radius 3 is 2.24 bits per heavy atom. The molecule has 0 saturated carbocycles. The van der Waals surface area contributed by atoms with Crippen molar-refractivity contribution in [2.24, 2.45) is 5.41 Å². The Balaban J connectivity index is 2.68. The van der Waals surface area contributed by atoms with E-state index in [2.05, 4.69) is 58.5 Å². The molecule has 0 N–H and O–H groups in total. The Labute approximate surface area is 116 Å². The van der Waals surface area contributed by atoms with E-state index in [1.807, 2.05) is 11.8 Å². The summed E-state index contributed by atoms with van der Waals surface area (Å²) in [5.41, 5.74) is 3.16. The van der Waals surface area contributed by atoms with E-state index in [-0.39, 0.29) is 0 Å². The van der Waals surface area contributed by atoms with Crippen LogP contribution in [-0.2, 0) is 0 Å². The molecular weight excluding hydrogens is 244 g/mol. The molecule has 96 valence electrons. The highest BCUT2D eigenvalue weighted by atomic mass is 32.2. The maximum atomic E-state index is 4.53. The molecule has 1 rings (SSSR count). The maximum absolute atomic E-state index is 4.53. The second-order valence-corrected chi connectivity index (χ2v) is 6.26. The zero-order valence-corrected chi connectivity index (χ0v) is 13.1. The fourth-order valence-electron chi connectivity index (χ4n) is 1.76. The van der Waals surface area contributed by atoms with Crippen molar-refractivity contribution in [2.45, 2.75) is 45.4 Å². The topological polar surface area (TPSA) is 0 Å². The Bertz CT molecular complexity index is 346. The van der Waals surface area contributed by atoms with Gasteiger partial charge in [-0.3, -0.25) is 0 Å². The highest BCUT2D eigenvalue weighted by Gasteiger charge is 2.24. The SMILES string of the molecule is CCC(CC)(CS)CSc1ccc(C)c(C)c1. The van der Waals surface area contributed by atoms with Crippen molar-refractivity contribution in [2.75, 3.05) is 11.5 Å². The number of thioether (sulfide) groups is 1. The molecule has 0 fully saturated rings. The summed E-state index contributed by atoms with van der Waals surface area (Å²) in [5, 5.41) is 0. The summed E-state index contributed by atoms with van der Waals surface area (Å²) in [6, 6.07) is 6.76. The van der Waals surface area contributed by atoms with Crippen LogP contribution in [0.1, 0.15) is 37.8 Å². The van der Waals surface area contributed by atoms with Gasteiger partial charge in [-0.15, -0.1) is 11.8 Å². The van der Waals surface area contributed by atoms with Crippen molar-refractivity contribution in [3.63, 3.8) is 0 Å². The summed E-state index contributed by atoms with van der Waals surface area (Å²) in [7, 11) is 0. The highest BCUT2D eigenvalue weighted by Crippen LogP contribution is 2.35. The van der Waals surface area contributed by atoms with Gasteiger partial charge in [0, 0.05) is 10.6 Å². The fourth-order valence-corrected chi connectivity index (χ4v) is 3.88. The summed E-state index contributed by atoms with van der Waals surface area (Å²) < 4.78 is 0. The van der Waals surface area contributed by atoms with Crippen LogP contribution in [0.3, 0.4) is 0 Å². The number of hydrogen-bond donors (Lipinski definition) is 1. The molecule has 1 aromatic rings. The molecule has 0 aromatic heterocycles. The minimum atomic E-state index is 0.395. The molecule has 0 bridgehead atoms. The zero-order chi connectivity index (χ0) is 12.9. The molecule has 0 nitrogen and oxygen atoms in total. The molecule has 0 unspecified atom stereocenters. The van der Waals surface area contributed by atoms with E-state index in [1.165, 1.54) is 34.6 Å². The van der Waals surface area contributed by atoms with Crippen molar-refractivity contribution in [1.82, 2.24) is 0 Å². The first kappa shape index (κ1) is 15.0. The lowest BCUT2D eigenvalue weighted by Gasteiger charge is -2.29. The molecule has 0 aliphatic carbocycles. The van der Waals surface area contributed by atoms with Gasteiger partial charge in [0.15, 0.2) is 0 Å². The van der Waals surface area contributed by atoms with Gasteiger partial charge in [-0.05, 0) is 61.1 Å². The van der Waals surface area contributed by atoms with E-state index < -0.39 is 0 Å². The lowest BCUT2D eigenvalue weighted by atomic mass is 9.87. The Hall–Kier alpha value is -0.0800. The van der Waals surface area contributed by atoms with Gasteiger partial charge >= 0.3 is 0 Å². The van der Waals surface area contributed by atoms with Gasteiger partial charge in [0.2, 0.25) is 0 Å². The summed E-state index contributed by atoms with van der Waals surface area (Å²) >= 11 is 6.51. The number of thiol groups is 1. The third-order valence-electron chi connectivity index (χ3n) is 3.86. The molecule has 0 aliphatic rings.